The number of benzene rings is 4. The van der Waals surface area contributed by atoms with Crippen LogP contribution in [0.25, 0.3) is 10.2 Å². The summed E-state index contributed by atoms with van der Waals surface area (Å²) in [6.45, 7) is 1.28. The Labute approximate surface area is 271 Å². The van der Waals surface area contributed by atoms with Gasteiger partial charge in [-0.05, 0) is 36.4 Å². The van der Waals surface area contributed by atoms with Crippen LogP contribution in [-0.2, 0) is 10.0 Å². The lowest BCUT2D eigenvalue weighted by Crippen LogP contribution is -2.48. The van der Waals surface area contributed by atoms with Crippen LogP contribution < -0.4 is 10.3 Å². The van der Waals surface area contributed by atoms with Gasteiger partial charge in [0.25, 0.3) is 11.4 Å². The van der Waals surface area contributed by atoms with Gasteiger partial charge < -0.3 is 4.90 Å². The summed E-state index contributed by atoms with van der Waals surface area (Å²) >= 11 is 2.63. The van der Waals surface area contributed by atoms with Gasteiger partial charge in [0.2, 0.25) is 10.0 Å². The fourth-order valence-corrected chi connectivity index (χ4v) is 8.60. The molecule has 0 atom stereocenters. The molecule has 4 aromatic carbocycles. The molecule has 0 bridgehead atoms. The molecular weight excluding hydrogens is 651 g/mol. The minimum atomic E-state index is -4.14. The summed E-state index contributed by atoms with van der Waals surface area (Å²) < 4.78 is 30.4. The summed E-state index contributed by atoms with van der Waals surface area (Å²) in [6, 6.07) is 25.3. The highest BCUT2D eigenvalue weighted by Crippen LogP contribution is 2.39. The second kappa shape index (κ2) is 13.2. The Kier molecular flexibility index (Phi) is 8.94. The third-order valence-electron chi connectivity index (χ3n) is 7.20. The van der Waals surface area contributed by atoms with Crippen LogP contribution in [0.5, 0.6) is 0 Å². The molecule has 1 aliphatic heterocycles. The third kappa shape index (κ3) is 6.69. The number of sulfonamides is 1. The molecule has 1 N–H and O–H groups in total. The second-order valence-electron chi connectivity index (χ2n) is 10.1. The fourth-order valence-electron chi connectivity index (χ4n) is 4.90. The molecule has 1 aliphatic rings. The Morgan fingerprint density at radius 3 is 2.35 bits per heavy atom. The van der Waals surface area contributed by atoms with Gasteiger partial charge in [-0.25, -0.2) is 13.4 Å². The lowest BCUT2D eigenvalue weighted by atomic mass is 10.2. The van der Waals surface area contributed by atoms with Gasteiger partial charge in [-0.3, -0.25) is 25.7 Å². The van der Waals surface area contributed by atoms with E-state index < -0.39 is 19.9 Å². The first-order chi connectivity index (χ1) is 22.2. The van der Waals surface area contributed by atoms with Crippen LogP contribution in [0.4, 0.5) is 22.7 Å². The van der Waals surface area contributed by atoms with Crippen LogP contribution in [0.3, 0.4) is 0 Å². The number of anilines is 2. The largest absolute Gasteiger partial charge is 0.369 e. The van der Waals surface area contributed by atoms with Crippen molar-refractivity contribution in [1.29, 1.82) is 0 Å². The molecule has 1 aromatic heterocycles. The summed E-state index contributed by atoms with van der Waals surface area (Å²) in [5.41, 5.74) is 4.37. The van der Waals surface area contributed by atoms with Gasteiger partial charge in [0, 0.05) is 55.6 Å². The molecule has 234 valence electrons. The van der Waals surface area contributed by atoms with Crippen molar-refractivity contribution in [3.05, 3.63) is 117 Å². The number of aromatic nitrogens is 1. The first-order valence-electron chi connectivity index (χ1n) is 13.9. The van der Waals surface area contributed by atoms with Gasteiger partial charge in [-0.15, -0.1) is 11.3 Å². The van der Waals surface area contributed by atoms with Crippen LogP contribution in [-0.4, -0.2) is 59.9 Å². The number of piperazine rings is 1. The highest BCUT2D eigenvalue weighted by Gasteiger charge is 2.32. The summed E-state index contributed by atoms with van der Waals surface area (Å²) in [7, 11) is -4.14. The van der Waals surface area contributed by atoms with Crippen molar-refractivity contribution in [1.82, 2.24) is 9.29 Å². The maximum absolute atomic E-state index is 13.7. The number of nitro groups is 2. The van der Waals surface area contributed by atoms with Crippen molar-refractivity contribution in [3.8, 4) is 0 Å². The van der Waals surface area contributed by atoms with Crippen molar-refractivity contribution in [2.45, 2.75) is 14.1 Å². The molecule has 0 amide bonds. The molecule has 13 nitrogen and oxygen atoms in total. The van der Waals surface area contributed by atoms with E-state index in [1.807, 2.05) is 54.6 Å². The maximum atomic E-state index is 13.7. The first-order valence-corrected chi connectivity index (χ1v) is 17.0. The molecule has 1 fully saturated rings. The molecule has 2 heterocycles. The summed E-state index contributed by atoms with van der Waals surface area (Å²) in [5.74, 6) is 0. The van der Waals surface area contributed by atoms with Gasteiger partial charge in [0.05, 0.1) is 36.9 Å². The van der Waals surface area contributed by atoms with E-state index in [4.69, 9.17) is 0 Å². The zero-order valence-corrected chi connectivity index (χ0v) is 26.4. The standard InChI is InChI=1S/C30H25N7O6S3/c38-36(39)23-11-12-25(29(19-23)46(42,43)35-16-14-34(15-17-35)22-6-2-1-3-7-22)33-31-20-21-10-13-28(26(18-21)37(40)41)45-30-32-24-8-4-5-9-27(24)44-30/h1-13,18-20,33H,14-17H2/b31-20-. The minimum absolute atomic E-state index is 0.0323. The Morgan fingerprint density at radius 2 is 1.63 bits per heavy atom. The number of fused-ring (bicyclic) bond motifs is 1. The number of hydrazone groups is 1. The van der Waals surface area contributed by atoms with Gasteiger partial charge in [0.15, 0.2) is 4.34 Å². The topological polar surface area (TPSA) is 164 Å². The van der Waals surface area contributed by atoms with E-state index in [2.05, 4.69) is 20.4 Å². The molecule has 6 rings (SSSR count). The number of rotatable bonds is 10. The molecule has 5 aromatic rings. The molecular formula is C30H25N7O6S3. The Morgan fingerprint density at radius 1 is 0.891 bits per heavy atom. The Hall–Kier alpha value is -4.90. The van der Waals surface area contributed by atoms with E-state index in [0.29, 0.717) is 27.9 Å². The lowest BCUT2D eigenvalue weighted by molar-refractivity contribution is -0.387. The van der Waals surface area contributed by atoms with E-state index in [-0.39, 0.29) is 35.0 Å². The quantitative estimate of drug-likeness (QED) is 0.102. The van der Waals surface area contributed by atoms with Gasteiger partial charge in [-0.1, -0.05) is 48.2 Å². The monoisotopic (exact) mass is 675 g/mol. The van der Waals surface area contributed by atoms with E-state index in [9.17, 15) is 28.6 Å². The Balaban J connectivity index is 1.21. The first kappa shape index (κ1) is 31.1. The molecule has 0 aliphatic carbocycles. The summed E-state index contributed by atoms with van der Waals surface area (Å²) in [4.78, 5) is 29.0. The van der Waals surface area contributed by atoms with Crippen molar-refractivity contribution >= 4 is 72.3 Å². The van der Waals surface area contributed by atoms with E-state index in [1.165, 1.54) is 51.8 Å². The number of hydrogen-bond acceptors (Lipinski definition) is 12. The number of nitrogens with zero attached hydrogens (tertiary/aromatic N) is 6. The van der Waals surface area contributed by atoms with Crippen molar-refractivity contribution in [2.24, 2.45) is 5.10 Å². The second-order valence-corrected chi connectivity index (χ2v) is 14.3. The van der Waals surface area contributed by atoms with E-state index in [0.717, 1.165) is 22.0 Å². The average molecular weight is 676 g/mol. The molecule has 0 radical (unpaired) electrons. The number of non-ortho nitro benzene ring substituents is 1. The normalized spacial score (nSPS) is 14.1. The molecule has 0 unspecified atom stereocenters. The summed E-state index contributed by atoms with van der Waals surface area (Å²) in [6.07, 6.45) is 1.32. The van der Waals surface area contributed by atoms with Crippen LogP contribution in [0.15, 0.2) is 110 Å². The third-order valence-corrected chi connectivity index (χ3v) is 11.3. The van der Waals surface area contributed by atoms with Gasteiger partial charge in [0.1, 0.15) is 4.90 Å². The van der Waals surface area contributed by atoms with Crippen LogP contribution in [0.2, 0.25) is 0 Å². The predicted octanol–water partition coefficient (Wildman–Crippen LogP) is 6.22. The van der Waals surface area contributed by atoms with Crippen LogP contribution >= 0.6 is 23.1 Å². The van der Waals surface area contributed by atoms with E-state index >= 15 is 0 Å². The fraction of sp³-hybridized carbons (Fsp3) is 0.133. The van der Waals surface area contributed by atoms with Gasteiger partial charge in [-0.2, -0.15) is 9.41 Å². The lowest BCUT2D eigenvalue weighted by Gasteiger charge is -2.35. The molecule has 16 heteroatoms. The van der Waals surface area contributed by atoms with Gasteiger partial charge >= 0.3 is 0 Å². The summed E-state index contributed by atoms with van der Waals surface area (Å²) in [5, 5.41) is 27.6. The van der Waals surface area contributed by atoms with Crippen LogP contribution in [0.1, 0.15) is 5.56 Å². The predicted molar refractivity (Wildman–Crippen MR) is 179 cm³/mol. The highest BCUT2D eigenvalue weighted by molar-refractivity contribution is 8.01. The zero-order chi connectivity index (χ0) is 32.3. The number of nitro benzene ring substituents is 2. The smallest absolute Gasteiger partial charge is 0.283 e. The zero-order valence-electron chi connectivity index (χ0n) is 23.9. The number of nitrogens with one attached hydrogen (secondary N) is 1. The molecule has 1 saturated heterocycles. The molecule has 0 spiro atoms. The van der Waals surface area contributed by atoms with Crippen LogP contribution in [0, 0.1) is 20.2 Å². The highest BCUT2D eigenvalue weighted by atomic mass is 32.2. The minimum Gasteiger partial charge on any atom is -0.369 e. The number of hydrogen-bond donors (Lipinski definition) is 1. The molecule has 0 saturated carbocycles. The maximum Gasteiger partial charge on any atom is 0.283 e. The average Bonchev–Trinajstić information content (AvgIpc) is 3.48. The Bertz CT molecular complexity index is 2030. The van der Waals surface area contributed by atoms with Crippen molar-refractivity contribution in [3.63, 3.8) is 0 Å². The SMILES string of the molecule is O=[N+]([O-])c1ccc(N/N=C\c2ccc(Sc3nc4ccccc4s3)c([N+](=O)[O-])c2)c(S(=O)(=O)N2CCN(c3ccccc3)CC2)c1. The van der Waals surface area contributed by atoms with Crippen molar-refractivity contribution in [2.75, 3.05) is 36.5 Å². The van der Waals surface area contributed by atoms with Crippen molar-refractivity contribution < 1.29 is 18.3 Å². The van der Waals surface area contributed by atoms with E-state index in [1.54, 1.807) is 12.1 Å². The molecule has 46 heavy (non-hydrogen) atoms. The number of para-hydroxylation sites is 2. The number of thiazole rings is 1.